The van der Waals surface area contributed by atoms with E-state index in [1.165, 1.54) is 18.9 Å². The van der Waals surface area contributed by atoms with E-state index in [4.69, 9.17) is 5.73 Å². The minimum atomic E-state index is -0.0922. The maximum Gasteiger partial charge on any atom is 0.126 e. The molecule has 2 saturated carbocycles. The Morgan fingerprint density at radius 3 is 2.64 bits per heavy atom. The summed E-state index contributed by atoms with van der Waals surface area (Å²) in [6.45, 7) is 0. The first-order valence-electron chi connectivity index (χ1n) is 5.25. The van der Waals surface area contributed by atoms with Crippen LogP contribution in [0, 0.1) is 11.7 Å². The van der Waals surface area contributed by atoms with Crippen molar-refractivity contribution in [3.8, 4) is 0 Å². The summed E-state index contributed by atoms with van der Waals surface area (Å²) in [5, 5.41) is 0. The third kappa shape index (κ3) is 1.10. The van der Waals surface area contributed by atoms with Gasteiger partial charge in [-0.2, -0.15) is 0 Å². The Kier molecular flexibility index (Phi) is 1.55. The van der Waals surface area contributed by atoms with E-state index in [0.29, 0.717) is 5.92 Å². The summed E-state index contributed by atoms with van der Waals surface area (Å²) in [5.41, 5.74) is 6.98. The average molecular weight is 191 g/mol. The number of hydrogen-bond donors (Lipinski definition) is 1. The first kappa shape index (κ1) is 8.42. The molecule has 74 valence electrons. The SMILES string of the molecule is NC1(C2CC2)CC1c1ccccc1F. The minimum absolute atomic E-state index is 0.0673. The highest BCUT2D eigenvalue weighted by Gasteiger charge is 2.60. The van der Waals surface area contributed by atoms with Crippen LogP contribution in [0.25, 0.3) is 0 Å². The number of nitrogens with two attached hydrogens (primary N) is 1. The molecule has 0 saturated heterocycles. The molecule has 1 nitrogen and oxygen atoms in total. The van der Waals surface area contributed by atoms with E-state index >= 15 is 0 Å². The van der Waals surface area contributed by atoms with E-state index in [2.05, 4.69) is 0 Å². The monoisotopic (exact) mass is 191 g/mol. The minimum Gasteiger partial charge on any atom is -0.324 e. The molecule has 2 aliphatic rings. The van der Waals surface area contributed by atoms with Crippen LogP contribution < -0.4 is 5.73 Å². The molecule has 1 aromatic rings. The van der Waals surface area contributed by atoms with E-state index < -0.39 is 0 Å². The van der Waals surface area contributed by atoms with Gasteiger partial charge in [-0.3, -0.25) is 0 Å². The lowest BCUT2D eigenvalue weighted by Crippen LogP contribution is -2.27. The van der Waals surface area contributed by atoms with Crippen LogP contribution in [0.5, 0.6) is 0 Å². The Morgan fingerprint density at radius 2 is 2.00 bits per heavy atom. The Labute approximate surface area is 83.1 Å². The average Bonchev–Trinajstić information content (AvgIpc) is 2.99. The van der Waals surface area contributed by atoms with Gasteiger partial charge in [0, 0.05) is 11.5 Å². The highest BCUT2D eigenvalue weighted by molar-refractivity contribution is 5.36. The van der Waals surface area contributed by atoms with E-state index in [1.54, 1.807) is 6.07 Å². The normalized spacial score (nSPS) is 35.7. The number of halogens is 1. The fourth-order valence-corrected chi connectivity index (χ4v) is 2.52. The lowest BCUT2D eigenvalue weighted by atomic mass is 10.0. The number of benzene rings is 1. The van der Waals surface area contributed by atoms with Crippen LogP contribution in [-0.4, -0.2) is 5.54 Å². The predicted octanol–water partition coefficient (Wildman–Crippen LogP) is 2.42. The Bertz CT molecular complexity index is 372. The van der Waals surface area contributed by atoms with Crippen molar-refractivity contribution in [3.63, 3.8) is 0 Å². The molecule has 3 rings (SSSR count). The standard InChI is InChI=1S/C12H14FN/c13-11-4-2-1-3-9(11)10-7-12(10,14)8-5-6-8/h1-4,8,10H,5-7,14H2. The van der Waals surface area contributed by atoms with Crippen LogP contribution in [0.4, 0.5) is 4.39 Å². The second-order valence-corrected chi connectivity index (χ2v) is 4.66. The van der Waals surface area contributed by atoms with Crippen molar-refractivity contribution in [1.82, 2.24) is 0 Å². The molecule has 0 spiro atoms. The van der Waals surface area contributed by atoms with Crippen LogP contribution in [0.3, 0.4) is 0 Å². The van der Waals surface area contributed by atoms with Crippen molar-refractivity contribution in [2.24, 2.45) is 11.7 Å². The lowest BCUT2D eigenvalue weighted by Gasteiger charge is -2.09. The summed E-state index contributed by atoms with van der Waals surface area (Å²) in [6.07, 6.45) is 3.45. The summed E-state index contributed by atoms with van der Waals surface area (Å²) in [7, 11) is 0. The van der Waals surface area contributed by atoms with Gasteiger partial charge < -0.3 is 5.73 Å². The fraction of sp³-hybridized carbons (Fsp3) is 0.500. The van der Waals surface area contributed by atoms with Crippen molar-refractivity contribution in [3.05, 3.63) is 35.6 Å². The molecule has 0 aliphatic heterocycles. The Hall–Kier alpha value is -0.890. The molecule has 2 unspecified atom stereocenters. The predicted molar refractivity (Wildman–Crippen MR) is 53.4 cm³/mol. The quantitative estimate of drug-likeness (QED) is 0.763. The molecular formula is C12H14FN. The molecule has 14 heavy (non-hydrogen) atoms. The number of hydrogen-bond acceptors (Lipinski definition) is 1. The van der Waals surface area contributed by atoms with Gasteiger partial charge in [-0.05, 0) is 36.8 Å². The molecule has 0 radical (unpaired) electrons. The van der Waals surface area contributed by atoms with Gasteiger partial charge in [-0.1, -0.05) is 18.2 Å². The second-order valence-electron chi connectivity index (χ2n) is 4.66. The summed E-state index contributed by atoms with van der Waals surface area (Å²) in [5.74, 6) is 0.841. The largest absolute Gasteiger partial charge is 0.324 e. The lowest BCUT2D eigenvalue weighted by molar-refractivity contribution is 0.549. The van der Waals surface area contributed by atoms with Gasteiger partial charge in [0.2, 0.25) is 0 Å². The van der Waals surface area contributed by atoms with Gasteiger partial charge in [0.25, 0.3) is 0 Å². The molecule has 2 atom stereocenters. The van der Waals surface area contributed by atoms with Gasteiger partial charge in [0.15, 0.2) is 0 Å². The van der Waals surface area contributed by atoms with Crippen LogP contribution in [0.2, 0.25) is 0 Å². The summed E-state index contributed by atoms with van der Waals surface area (Å²) >= 11 is 0. The van der Waals surface area contributed by atoms with Crippen molar-refractivity contribution in [2.75, 3.05) is 0 Å². The molecule has 0 aromatic heterocycles. The second kappa shape index (κ2) is 2.57. The fourth-order valence-electron chi connectivity index (χ4n) is 2.52. The topological polar surface area (TPSA) is 26.0 Å². The first-order valence-corrected chi connectivity index (χ1v) is 5.25. The van der Waals surface area contributed by atoms with Gasteiger partial charge in [0.1, 0.15) is 5.82 Å². The Morgan fingerprint density at radius 1 is 1.29 bits per heavy atom. The van der Waals surface area contributed by atoms with Crippen molar-refractivity contribution in [2.45, 2.75) is 30.7 Å². The van der Waals surface area contributed by atoms with Crippen LogP contribution in [0.1, 0.15) is 30.7 Å². The van der Waals surface area contributed by atoms with E-state index in [-0.39, 0.29) is 17.3 Å². The zero-order valence-electron chi connectivity index (χ0n) is 8.04. The molecule has 0 bridgehead atoms. The van der Waals surface area contributed by atoms with Crippen molar-refractivity contribution >= 4 is 0 Å². The smallest absolute Gasteiger partial charge is 0.126 e. The Balaban J connectivity index is 1.88. The summed E-state index contributed by atoms with van der Waals surface area (Å²) < 4.78 is 13.5. The van der Waals surface area contributed by atoms with E-state index in [0.717, 1.165) is 12.0 Å². The number of rotatable bonds is 2. The molecule has 1 aromatic carbocycles. The van der Waals surface area contributed by atoms with E-state index in [9.17, 15) is 4.39 Å². The van der Waals surface area contributed by atoms with Gasteiger partial charge in [0.05, 0.1) is 0 Å². The highest BCUT2D eigenvalue weighted by Crippen LogP contribution is 2.61. The van der Waals surface area contributed by atoms with Crippen molar-refractivity contribution in [1.29, 1.82) is 0 Å². The van der Waals surface area contributed by atoms with Crippen LogP contribution in [-0.2, 0) is 0 Å². The molecule has 2 fully saturated rings. The molecule has 2 N–H and O–H groups in total. The zero-order valence-corrected chi connectivity index (χ0v) is 8.04. The van der Waals surface area contributed by atoms with Gasteiger partial charge in [-0.25, -0.2) is 4.39 Å². The van der Waals surface area contributed by atoms with Crippen LogP contribution in [0.15, 0.2) is 24.3 Å². The summed E-state index contributed by atoms with van der Waals surface area (Å²) in [6, 6.07) is 7.03. The first-order chi connectivity index (χ1) is 6.72. The molecule has 0 heterocycles. The molecule has 2 heteroatoms. The molecule has 2 aliphatic carbocycles. The highest BCUT2D eigenvalue weighted by atomic mass is 19.1. The maximum absolute atomic E-state index is 13.5. The maximum atomic E-state index is 13.5. The van der Waals surface area contributed by atoms with Gasteiger partial charge >= 0.3 is 0 Å². The molecule has 0 amide bonds. The van der Waals surface area contributed by atoms with Crippen LogP contribution >= 0.6 is 0 Å². The zero-order chi connectivity index (χ0) is 9.76. The third-order valence-corrected chi connectivity index (χ3v) is 3.66. The van der Waals surface area contributed by atoms with E-state index in [1.807, 2.05) is 12.1 Å². The van der Waals surface area contributed by atoms with Crippen molar-refractivity contribution < 1.29 is 4.39 Å². The third-order valence-electron chi connectivity index (χ3n) is 3.66. The molecular weight excluding hydrogens is 177 g/mol. The summed E-state index contributed by atoms with van der Waals surface area (Å²) in [4.78, 5) is 0. The van der Waals surface area contributed by atoms with Gasteiger partial charge in [-0.15, -0.1) is 0 Å².